The Hall–Kier alpha value is -3.39. The largest absolute Gasteiger partial charge is 0.326 e. The fourth-order valence-corrected chi connectivity index (χ4v) is 5.05. The summed E-state index contributed by atoms with van der Waals surface area (Å²) in [6.07, 6.45) is 7.71. The van der Waals surface area contributed by atoms with Crippen molar-refractivity contribution < 1.29 is 9.59 Å². The Morgan fingerprint density at radius 2 is 1.77 bits per heavy atom. The van der Waals surface area contributed by atoms with E-state index in [1.165, 1.54) is 37.1 Å². The molecule has 7 nitrogen and oxygen atoms in total. The molecule has 0 aliphatic heterocycles. The zero-order valence-electron chi connectivity index (χ0n) is 20.0. The van der Waals surface area contributed by atoms with Crippen LogP contribution in [0.5, 0.6) is 0 Å². The predicted octanol–water partition coefficient (Wildman–Crippen LogP) is 5.36. The smallest absolute Gasteiger partial charge is 0.262 e. The highest BCUT2D eigenvalue weighted by atomic mass is 32.2. The Morgan fingerprint density at radius 3 is 2.46 bits per heavy atom. The normalized spacial score (nSPS) is 14.3. The summed E-state index contributed by atoms with van der Waals surface area (Å²) in [6.45, 7) is 3.80. The van der Waals surface area contributed by atoms with E-state index in [0.717, 1.165) is 19.3 Å². The molecular weight excluding hydrogens is 460 g/mol. The number of thioether (sulfide) groups is 1. The first-order valence-corrected chi connectivity index (χ1v) is 12.8. The Balaban J connectivity index is 1.52. The maximum absolute atomic E-state index is 13.3. The third-order valence-corrected chi connectivity index (χ3v) is 7.08. The van der Waals surface area contributed by atoms with Gasteiger partial charge in [0, 0.05) is 24.8 Å². The van der Waals surface area contributed by atoms with E-state index in [1.807, 2.05) is 18.2 Å². The second-order valence-corrected chi connectivity index (χ2v) is 10.0. The number of carbonyl (C=O) groups excluding carboxylic acids is 2. The lowest BCUT2D eigenvalue weighted by Crippen LogP contribution is -2.27. The van der Waals surface area contributed by atoms with Crippen molar-refractivity contribution in [2.45, 2.75) is 62.9 Å². The molecule has 1 atom stereocenters. The summed E-state index contributed by atoms with van der Waals surface area (Å²) < 4.78 is 1.72. The van der Waals surface area contributed by atoms with E-state index in [2.05, 4.69) is 16.7 Å². The molecule has 1 heterocycles. The summed E-state index contributed by atoms with van der Waals surface area (Å²) in [6, 6.07) is 14.3. The number of fused-ring (bicyclic) bond motifs is 1. The summed E-state index contributed by atoms with van der Waals surface area (Å²) in [5, 5.41) is 6.27. The molecule has 0 bridgehead atoms. The van der Waals surface area contributed by atoms with Gasteiger partial charge in [0.1, 0.15) is 0 Å². The molecule has 1 aromatic heterocycles. The van der Waals surface area contributed by atoms with E-state index in [9.17, 15) is 14.4 Å². The van der Waals surface area contributed by atoms with E-state index in [-0.39, 0.29) is 17.4 Å². The molecule has 0 fully saturated rings. The molecule has 4 rings (SSSR count). The molecule has 1 aliphatic rings. The monoisotopic (exact) mass is 490 g/mol. The summed E-state index contributed by atoms with van der Waals surface area (Å²) in [5.74, 6) is -0.341. The molecule has 0 radical (unpaired) electrons. The third-order valence-electron chi connectivity index (χ3n) is 5.99. The van der Waals surface area contributed by atoms with Gasteiger partial charge in [0.25, 0.3) is 5.56 Å². The van der Waals surface area contributed by atoms with Crippen LogP contribution in [0, 0.1) is 0 Å². The van der Waals surface area contributed by atoms with Crippen LogP contribution in [0.2, 0.25) is 0 Å². The van der Waals surface area contributed by atoms with Crippen LogP contribution in [-0.4, -0.2) is 26.6 Å². The van der Waals surface area contributed by atoms with Gasteiger partial charge in [-0.15, -0.1) is 0 Å². The lowest BCUT2D eigenvalue weighted by molar-refractivity contribution is -0.115. The number of allylic oxidation sites excluding steroid dienone is 2. The number of para-hydroxylation sites is 1. The van der Waals surface area contributed by atoms with Crippen LogP contribution >= 0.6 is 11.8 Å². The first-order valence-electron chi connectivity index (χ1n) is 11.9. The van der Waals surface area contributed by atoms with E-state index >= 15 is 0 Å². The average Bonchev–Trinajstić information content (AvgIpc) is 2.85. The molecule has 0 spiro atoms. The summed E-state index contributed by atoms with van der Waals surface area (Å²) in [7, 11) is 0. The van der Waals surface area contributed by atoms with Gasteiger partial charge in [-0.1, -0.05) is 35.5 Å². The molecule has 182 valence electrons. The molecule has 1 aliphatic carbocycles. The van der Waals surface area contributed by atoms with Crippen LogP contribution in [-0.2, 0) is 16.1 Å². The van der Waals surface area contributed by atoms with Crippen LogP contribution in [0.25, 0.3) is 10.9 Å². The molecular formula is C27H30N4O3S. The minimum Gasteiger partial charge on any atom is -0.326 e. The second-order valence-electron chi connectivity index (χ2n) is 8.73. The number of anilines is 2. The second kappa shape index (κ2) is 11.4. The number of aromatic nitrogens is 2. The van der Waals surface area contributed by atoms with Crippen molar-refractivity contribution in [3.8, 4) is 0 Å². The molecule has 0 saturated heterocycles. The number of hydrogen-bond donors (Lipinski definition) is 2. The first-order chi connectivity index (χ1) is 16.9. The highest BCUT2D eigenvalue weighted by Gasteiger charge is 2.20. The fraction of sp³-hybridized carbons (Fsp3) is 0.333. The van der Waals surface area contributed by atoms with Crippen LogP contribution in [0.3, 0.4) is 0 Å². The predicted molar refractivity (Wildman–Crippen MR) is 142 cm³/mol. The molecule has 0 saturated carbocycles. The fourth-order valence-electron chi connectivity index (χ4n) is 4.12. The number of amides is 2. The summed E-state index contributed by atoms with van der Waals surface area (Å²) in [5.41, 5.74) is 3.24. The van der Waals surface area contributed by atoms with Gasteiger partial charge in [-0.05, 0) is 75.4 Å². The summed E-state index contributed by atoms with van der Waals surface area (Å²) >= 11 is 1.29. The zero-order chi connectivity index (χ0) is 24.8. The number of nitrogens with one attached hydrogen (secondary N) is 2. The van der Waals surface area contributed by atoms with Gasteiger partial charge >= 0.3 is 0 Å². The Labute approximate surface area is 209 Å². The Morgan fingerprint density at radius 1 is 1.06 bits per heavy atom. The van der Waals surface area contributed by atoms with E-state index in [4.69, 9.17) is 4.98 Å². The van der Waals surface area contributed by atoms with E-state index in [1.54, 1.807) is 41.8 Å². The van der Waals surface area contributed by atoms with Gasteiger partial charge in [0.05, 0.1) is 16.2 Å². The van der Waals surface area contributed by atoms with Gasteiger partial charge < -0.3 is 10.6 Å². The quantitative estimate of drug-likeness (QED) is 0.252. The van der Waals surface area contributed by atoms with Crippen molar-refractivity contribution in [2.24, 2.45) is 0 Å². The van der Waals surface area contributed by atoms with Gasteiger partial charge in [-0.25, -0.2) is 4.98 Å². The Kier molecular flexibility index (Phi) is 8.02. The lowest BCUT2D eigenvalue weighted by Gasteiger charge is -2.18. The van der Waals surface area contributed by atoms with Gasteiger partial charge in [0.2, 0.25) is 11.8 Å². The minimum absolute atomic E-state index is 0.0734. The molecule has 35 heavy (non-hydrogen) atoms. The van der Waals surface area contributed by atoms with E-state index < -0.39 is 5.25 Å². The molecule has 2 amide bonds. The number of benzene rings is 2. The van der Waals surface area contributed by atoms with Crippen molar-refractivity contribution in [2.75, 3.05) is 10.6 Å². The molecule has 1 unspecified atom stereocenters. The highest BCUT2D eigenvalue weighted by molar-refractivity contribution is 8.00. The number of carbonyl (C=O) groups is 2. The van der Waals surface area contributed by atoms with Crippen molar-refractivity contribution in [3.05, 3.63) is 70.5 Å². The van der Waals surface area contributed by atoms with Crippen molar-refractivity contribution in [1.82, 2.24) is 9.55 Å². The number of nitrogens with zero attached hydrogens (tertiary/aromatic N) is 2. The van der Waals surface area contributed by atoms with Gasteiger partial charge in [-0.2, -0.15) is 0 Å². The Bertz CT molecular complexity index is 1310. The maximum Gasteiger partial charge on any atom is 0.262 e. The molecule has 8 heteroatoms. The minimum atomic E-state index is -0.474. The molecule has 2 N–H and O–H groups in total. The van der Waals surface area contributed by atoms with Crippen molar-refractivity contribution in [1.29, 1.82) is 0 Å². The first kappa shape index (κ1) is 24.7. The van der Waals surface area contributed by atoms with Gasteiger partial charge in [-0.3, -0.25) is 19.0 Å². The average molecular weight is 491 g/mol. The van der Waals surface area contributed by atoms with Crippen molar-refractivity contribution in [3.63, 3.8) is 0 Å². The lowest BCUT2D eigenvalue weighted by atomic mass is 9.97. The van der Waals surface area contributed by atoms with Crippen molar-refractivity contribution >= 4 is 45.9 Å². The maximum atomic E-state index is 13.3. The molecule has 2 aromatic carbocycles. The number of rotatable bonds is 8. The van der Waals surface area contributed by atoms with Crippen LogP contribution in [0.4, 0.5) is 11.4 Å². The third kappa shape index (κ3) is 6.39. The van der Waals surface area contributed by atoms with Crippen LogP contribution in [0.1, 0.15) is 46.0 Å². The SMILES string of the molecule is CC(=O)Nc1ccc(NC(=O)C(C)Sc2nc3ccccc3c(=O)n2CCC2=CCCCC2)cc1. The number of hydrogen-bond acceptors (Lipinski definition) is 5. The standard InChI is InChI=1S/C27H30N4O3S/c1-18(25(33)29-22-14-12-21(13-15-22)28-19(2)32)35-27-30-24-11-7-6-10-23(24)26(34)31(27)17-16-20-8-4-3-5-9-20/h6-8,10-15,18H,3-5,9,16-17H2,1-2H3,(H,28,32)(H,29,33). The van der Waals surface area contributed by atoms with Gasteiger partial charge in [0.15, 0.2) is 5.16 Å². The summed E-state index contributed by atoms with van der Waals surface area (Å²) in [4.78, 5) is 42.2. The molecule has 3 aromatic rings. The van der Waals surface area contributed by atoms with E-state index in [0.29, 0.717) is 34.0 Å². The zero-order valence-corrected chi connectivity index (χ0v) is 20.9. The van der Waals surface area contributed by atoms with Crippen LogP contribution < -0.4 is 16.2 Å². The highest BCUT2D eigenvalue weighted by Crippen LogP contribution is 2.26. The topological polar surface area (TPSA) is 93.1 Å². The van der Waals surface area contributed by atoms with Crippen LogP contribution in [0.15, 0.2) is 70.1 Å².